The van der Waals surface area contributed by atoms with Gasteiger partial charge in [0.15, 0.2) is 11.5 Å². The molecule has 3 N–H and O–H groups in total. The number of nitrogen functional groups attached to an aromatic ring is 1. The fourth-order valence-corrected chi connectivity index (χ4v) is 1.72. The topological polar surface area (TPSA) is 156 Å². The van der Waals surface area contributed by atoms with Gasteiger partial charge >= 0.3 is 0 Å². The lowest BCUT2D eigenvalue weighted by Crippen LogP contribution is -2.15. The highest BCUT2D eigenvalue weighted by molar-refractivity contribution is 6.06. The average molecular weight is 293 g/mol. The van der Waals surface area contributed by atoms with E-state index in [0.717, 1.165) is 6.07 Å². The summed E-state index contributed by atoms with van der Waals surface area (Å²) in [4.78, 5) is 22.3. The molecule has 0 saturated carbocycles. The Morgan fingerprint density at radius 1 is 1.33 bits per heavy atom. The fourth-order valence-electron chi connectivity index (χ4n) is 1.72. The van der Waals surface area contributed by atoms with E-state index < -0.39 is 10.8 Å². The third-order valence-electron chi connectivity index (χ3n) is 2.66. The number of rotatable bonds is 3. The number of anilines is 2. The Morgan fingerprint density at radius 2 is 2.05 bits per heavy atom. The molecular weight excluding hydrogens is 286 g/mol. The van der Waals surface area contributed by atoms with Crippen LogP contribution in [-0.4, -0.2) is 27.9 Å². The third-order valence-corrected chi connectivity index (χ3v) is 2.66. The molecule has 0 fully saturated rings. The number of nitrogens with one attached hydrogen (secondary N) is 1. The van der Waals surface area contributed by atoms with Crippen molar-refractivity contribution in [3.05, 3.63) is 27.9 Å². The van der Waals surface area contributed by atoms with Crippen molar-refractivity contribution in [2.24, 2.45) is 0 Å². The summed E-state index contributed by atoms with van der Waals surface area (Å²) < 4.78 is 14.4. The Kier molecular flexibility index (Phi) is 2.79. The van der Waals surface area contributed by atoms with Crippen LogP contribution in [0, 0.1) is 10.1 Å². The Balaban J connectivity index is 1.96. The molecule has 1 aliphatic heterocycles. The molecule has 2 aromatic rings. The van der Waals surface area contributed by atoms with Gasteiger partial charge in [0.05, 0.1) is 11.0 Å². The zero-order valence-electron chi connectivity index (χ0n) is 10.2. The molecule has 0 bridgehead atoms. The highest BCUT2D eigenvalue weighted by Gasteiger charge is 2.26. The van der Waals surface area contributed by atoms with Gasteiger partial charge in [-0.3, -0.25) is 14.9 Å². The monoisotopic (exact) mass is 293 g/mol. The first-order chi connectivity index (χ1) is 10.1. The van der Waals surface area contributed by atoms with Gasteiger partial charge < -0.3 is 20.5 Å². The first kappa shape index (κ1) is 12.7. The summed E-state index contributed by atoms with van der Waals surface area (Å²) >= 11 is 0. The number of ether oxygens (including phenoxy) is 2. The average Bonchev–Trinajstić information content (AvgIpc) is 3.05. The van der Waals surface area contributed by atoms with Crippen molar-refractivity contribution in [1.29, 1.82) is 0 Å². The number of nitro benzene ring substituents is 1. The molecule has 0 unspecified atom stereocenters. The van der Waals surface area contributed by atoms with E-state index in [0.29, 0.717) is 0 Å². The van der Waals surface area contributed by atoms with E-state index in [4.69, 9.17) is 15.2 Å². The maximum Gasteiger partial charge on any atom is 0.296 e. The van der Waals surface area contributed by atoms with E-state index in [1.807, 2.05) is 0 Å². The van der Waals surface area contributed by atoms with Gasteiger partial charge in [-0.05, 0) is 10.3 Å². The van der Waals surface area contributed by atoms with Crippen molar-refractivity contribution in [2.45, 2.75) is 0 Å². The molecule has 1 amide bonds. The molecule has 0 radical (unpaired) electrons. The van der Waals surface area contributed by atoms with Crippen molar-refractivity contribution in [1.82, 2.24) is 10.3 Å². The van der Waals surface area contributed by atoms with Crippen LogP contribution < -0.4 is 20.5 Å². The normalized spacial score (nSPS) is 12.2. The number of carbonyl (C=O) groups excluding carboxylic acids is 1. The van der Waals surface area contributed by atoms with Gasteiger partial charge in [0, 0.05) is 6.07 Å². The third kappa shape index (κ3) is 2.16. The number of nitrogens with zero attached hydrogens (tertiary/aromatic N) is 3. The first-order valence-electron chi connectivity index (χ1n) is 5.53. The molecule has 2 heterocycles. The zero-order valence-corrected chi connectivity index (χ0v) is 10.2. The van der Waals surface area contributed by atoms with E-state index in [9.17, 15) is 14.9 Å². The van der Waals surface area contributed by atoms with E-state index in [2.05, 4.69) is 20.3 Å². The van der Waals surface area contributed by atoms with Crippen LogP contribution in [0.25, 0.3) is 0 Å². The van der Waals surface area contributed by atoms with Gasteiger partial charge in [0.1, 0.15) is 5.69 Å². The predicted octanol–water partition coefficient (Wildman–Crippen LogP) is 0.541. The number of nitrogens with two attached hydrogens (primary N) is 1. The molecule has 21 heavy (non-hydrogen) atoms. The standard InChI is InChI=1S/C10H7N5O6/c11-9-8(13-21-14-9)10(16)12-4-1-6-7(20-3-19-6)2-5(4)15(17)18/h1-2H,3H2,(H2,11,14)(H,12,16). The van der Waals surface area contributed by atoms with E-state index in [-0.39, 0.29) is 41.2 Å². The van der Waals surface area contributed by atoms with Crippen LogP contribution in [0.2, 0.25) is 0 Å². The second kappa shape index (κ2) is 4.63. The molecule has 1 aromatic carbocycles. The summed E-state index contributed by atoms with van der Waals surface area (Å²) in [6.07, 6.45) is 0. The predicted molar refractivity (Wildman–Crippen MR) is 65.9 cm³/mol. The molecular formula is C10H7N5O6. The Hall–Kier alpha value is -3.37. The highest BCUT2D eigenvalue weighted by atomic mass is 16.7. The minimum absolute atomic E-state index is 0.0515. The molecule has 1 aliphatic rings. The van der Waals surface area contributed by atoms with Crippen molar-refractivity contribution in [3.8, 4) is 11.5 Å². The zero-order chi connectivity index (χ0) is 15.0. The molecule has 0 saturated heterocycles. The summed E-state index contributed by atoms with van der Waals surface area (Å²) in [6.45, 7) is -0.0515. The molecule has 108 valence electrons. The van der Waals surface area contributed by atoms with Crippen molar-refractivity contribution in [2.75, 3.05) is 17.8 Å². The fraction of sp³-hybridized carbons (Fsp3) is 0.100. The number of aromatic nitrogens is 2. The number of hydrogen-bond acceptors (Lipinski definition) is 9. The number of amides is 1. The second-order valence-electron chi connectivity index (χ2n) is 3.93. The number of fused-ring (bicyclic) bond motifs is 1. The minimum atomic E-state index is -0.796. The molecule has 1 aromatic heterocycles. The summed E-state index contributed by atoms with van der Waals surface area (Å²) in [7, 11) is 0. The molecule has 0 atom stereocenters. The van der Waals surface area contributed by atoms with Crippen LogP contribution in [0.3, 0.4) is 0 Å². The SMILES string of the molecule is Nc1nonc1C(=O)Nc1cc2c(cc1[N+](=O)[O-])OCO2. The van der Waals surface area contributed by atoms with Crippen LogP contribution in [0.4, 0.5) is 17.2 Å². The lowest BCUT2D eigenvalue weighted by atomic mass is 10.2. The van der Waals surface area contributed by atoms with Crippen LogP contribution in [-0.2, 0) is 0 Å². The molecule has 3 rings (SSSR count). The summed E-state index contributed by atoms with van der Waals surface area (Å²) in [5.74, 6) is -0.518. The molecule has 0 aliphatic carbocycles. The van der Waals surface area contributed by atoms with Gasteiger partial charge in [-0.1, -0.05) is 0 Å². The van der Waals surface area contributed by atoms with Crippen LogP contribution in [0.1, 0.15) is 10.5 Å². The smallest absolute Gasteiger partial charge is 0.296 e. The lowest BCUT2D eigenvalue weighted by Gasteiger charge is -2.05. The largest absolute Gasteiger partial charge is 0.454 e. The van der Waals surface area contributed by atoms with E-state index in [1.54, 1.807) is 0 Å². The Bertz CT molecular complexity index is 742. The van der Waals surface area contributed by atoms with Gasteiger partial charge in [-0.15, -0.1) is 0 Å². The van der Waals surface area contributed by atoms with Crippen LogP contribution >= 0.6 is 0 Å². The maximum absolute atomic E-state index is 11.9. The van der Waals surface area contributed by atoms with Crippen LogP contribution in [0.15, 0.2) is 16.8 Å². The van der Waals surface area contributed by atoms with Crippen molar-refractivity contribution < 1.29 is 23.8 Å². The number of hydrogen-bond donors (Lipinski definition) is 2. The highest BCUT2D eigenvalue weighted by Crippen LogP contribution is 2.40. The van der Waals surface area contributed by atoms with Gasteiger partial charge in [-0.2, -0.15) is 0 Å². The van der Waals surface area contributed by atoms with Gasteiger partial charge in [0.25, 0.3) is 11.6 Å². The Labute approximate surface area is 115 Å². The second-order valence-corrected chi connectivity index (χ2v) is 3.93. The van der Waals surface area contributed by atoms with Gasteiger partial charge in [0.2, 0.25) is 18.3 Å². The summed E-state index contributed by atoms with van der Waals surface area (Å²) in [6, 6.07) is 2.43. The molecule has 11 nitrogen and oxygen atoms in total. The van der Waals surface area contributed by atoms with E-state index >= 15 is 0 Å². The van der Waals surface area contributed by atoms with Crippen molar-refractivity contribution >= 4 is 23.1 Å². The first-order valence-corrected chi connectivity index (χ1v) is 5.53. The summed E-state index contributed by atoms with van der Waals surface area (Å²) in [5.41, 5.74) is 4.66. The summed E-state index contributed by atoms with van der Waals surface area (Å²) in [5, 5.41) is 19.9. The number of nitro groups is 1. The maximum atomic E-state index is 11.9. The lowest BCUT2D eigenvalue weighted by molar-refractivity contribution is -0.384. The van der Waals surface area contributed by atoms with Crippen LogP contribution in [0.5, 0.6) is 11.5 Å². The molecule has 0 spiro atoms. The molecule has 11 heteroatoms. The minimum Gasteiger partial charge on any atom is -0.454 e. The van der Waals surface area contributed by atoms with E-state index in [1.165, 1.54) is 6.07 Å². The number of benzene rings is 1. The number of carbonyl (C=O) groups is 1. The van der Waals surface area contributed by atoms with Gasteiger partial charge in [-0.25, -0.2) is 4.63 Å². The van der Waals surface area contributed by atoms with Crippen molar-refractivity contribution in [3.63, 3.8) is 0 Å². The Morgan fingerprint density at radius 3 is 2.67 bits per heavy atom. The quantitative estimate of drug-likeness (QED) is 0.608.